The molecule has 1 amide bonds. The SMILES string of the molecule is COc1ccc2[nH]c(CN3CCC(NC(=O)c4cc(OC)c(C)c(OC)c4)CC3)cc2n1. The quantitative estimate of drug-likeness (QED) is 0.589. The molecule has 1 fully saturated rings. The molecule has 1 saturated heterocycles. The summed E-state index contributed by atoms with van der Waals surface area (Å²) in [6.07, 6.45) is 1.80. The second-order valence-corrected chi connectivity index (χ2v) is 8.11. The predicted octanol–water partition coefficient (Wildman–Crippen LogP) is 3.29. The summed E-state index contributed by atoms with van der Waals surface area (Å²) in [7, 11) is 4.81. The van der Waals surface area contributed by atoms with Gasteiger partial charge in [0.2, 0.25) is 5.88 Å². The maximum atomic E-state index is 12.8. The van der Waals surface area contributed by atoms with Gasteiger partial charge < -0.3 is 24.5 Å². The maximum absolute atomic E-state index is 12.8. The van der Waals surface area contributed by atoms with Gasteiger partial charge in [0.1, 0.15) is 11.5 Å². The minimum atomic E-state index is -0.101. The van der Waals surface area contributed by atoms with Gasteiger partial charge in [-0.3, -0.25) is 9.69 Å². The highest BCUT2D eigenvalue weighted by atomic mass is 16.5. The minimum absolute atomic E-state index is 0.101. The van der Waals surface area contributed by atoms with Crippen molar-refractivity contribution in [1.82, 2.24) is 20.2 Å². The summed E-state index contributed by atoms with van der Waals surface area (Å²) in [6.45, 7) is 4.57. The number of H-pyrrole nitrogens is 1. The van der Waals surface area contributed by atoms with Crippen LogP contribution in [0, 0.1) is 6.92 Å². The molecule has 0 unspecified atom stereocenters. The molecule has 4 rings (SSSR count). The number of methoxy groups -OCH3 is 3. The van der Waals surface area contributed by atoms with Crippen molar-refractivity contribution < 1.29 is 19.0 Å². The molecule has 0 bridgehead atoms. The molecule has 1 aromatic carbocycles. The molecular weight excluding hydrogens is 408 g/mol. The van der Waals surface area contributed by atoms with E-state index in [9.17, 15) is 4.79 Å². The van der Waals surface area contributed by atoms with Crippen LogP contribution in [0.2, 0.25) is 0 Å². The van der Waals surface area contributed by atoms with E-state index in [4.69, 9.17) is 14.2 Å². The van der Waals surface area contributed by atoms with Crippen molar-refractivity contribution in [1.29, 1.82) is 0 Å². The van der Waals surface area contributed by atoms with Gasteiger partial charge in [-0.1, -0.05) is 0 Å². The van der Waals surface area contributed by atoms with E-state index in [-0.39, 0.29) is 11.9 Å². The molecular formula is C24H30N4O4. The molecule has 170 valence electrons. The van der Waals surface area contributed by atoms with E-state index in [1.807, 2.05) is 19.1 Å². The number of nitrogens with zero attached hydrogens (tertiary/aromatic N) is 2. The van der Waals surface area contributed by atoms with Crippen LogP contribution in [-0.2, 0) is 6.54 Å². The highest BCUT2D eigenvalue weighted by Crippen LogP contribution is 2.29. The number of carbonyl (C=O) groups is 1. The highest BCUT2D eigenvalue weighted by molar-refractivity contribution is 5.95. The third-order valence-electron chi connectivity index (χ3n) is 6.05. The second-order valence-electron chi connectivity index (χ2n) is 8.11. The fourth-order valence-electron chi connectivity index (χ4n) is 4.21. The number of carbonyl (C=O) groups excluding carboxylic acids is 1. The zero-order valence-electron chi connectivity index (χ0n) is 19.0. The number of hydrogen-bond acceptors (Lipinski definition) is 6. The van der Waals surface area contributed by atoms with E-state index in [0.29, 0.717) is 22.9 Å². The molecule has 0 aliphatic carbocycles. The molecule has 32 heavy (non-hydrogen) atoms. The first-order chi connectivity index (χ1) is 15.5. The Hall–Kier alpha value is -3.26. The van der Waals surface area contributed by atoms with Crippen LogP contribution < -0.4 is 19.5 Å². The number of aromatic nitrogens is 2. The van der Waals surface area contributed by atoms with Crippen LogP contribution >= 0.6 is 0 Å². The van der Waals surface area contributed by atoms with Gasteiger partial charge >= 0.3 is 0 Å². The molecule has 1 aliphatic heterocycles. The van der Waals surface area contributed by atoms with Gasteiger partial charge in [0.15, 0.2) is 0 Å². The van der Waals surface area contributed by atoms with Gasteiger partial charge in [0, 0.05) is 48.6 Å². The topological polar surface area (TPSA) is 88.7 Å². The van der Waals surface area contributed by atoms with Gasteiger partial charge in [0.25, 0.3) is 5.91 Å². The van der Waals surface area contributed by atoms with Crippen LogP contribution in [0.1, 0.15) is 34.5 Å². The zero-order chi connectivity index (χ0) is 22.7. The Balaban J connectivity index is 1.33. The van der Waals surface area contributed by atoms with Gasteiger partial charge in [-0.25, -0.2) is 4.98 Å². The summed E-state index contributed by atoms with van der Waals surface area (Å²) in [5.74, 6) is 1.81. The summed E-state index contributed by atoms with van der Waals surface area (Å²) in [6, 6.07) is 9.59. The summed E-state index contributed by atoms with van der Waals surface area (Å²) in [4.78, 5) is 23.1. The number of aromatic amines is 1. The zero-order valence-corrected chi connectivity index (χ0v) is 19.0. The third-order valence-corrected chi connectivity index (χ3v) is 6.05. The average Bonchev–Trinajstić information content (AvgIpc) is 3.21. The molecule has 2 aromatic heterocycles. The number of likely N-dealkylation sites (tertiary alicyclic amines) is 1. The number of pyridine rings is 1. The van der Waals surface area contributed by atoms with Gasteiger partial charge in [-0.2, -0.15) is 0 Å². The largest absolute Gasteiger partial charge is 0.496 e. The third kappa shape index (κ3) is 4.65. The molecule has 0 saturated carbocycles. The Labute approximate surface area is 187 Å². The van der Waals surface area contributed by atoms with Crippen molar-refractivity contribution in [2.24, 2.45) is 0 Å². The monoisotopic (exact) mass is 438 g/mol. The van der Waals surface area contributed by atoms with E-state index < -0.39 is 0 Å². The normalized spacial score (nSPS) is 15.0. The van der Waals surface area contributed by atoms with Gasteiger partial charge in [-0.15, -0.1) is 0 Å². The Morgan fingerprint density at radius 1 is 1.09 bits per heavy atom. The van der Waals surface area contributed by atoms with Crippen LogP contribution in [0.15, 0.2) is 30.3 Å². The van der Waals surface area contributed by atoms with E-state index in [2.05, 4.69) is 26.3 Å². The van der Waals surface area contributed by atoms with Crippen molar-refractivity contribution in [3.05, 3.63) is 47.2 Å². The molecule has 0 atom stereocenters. The van der Waals surface area contributed by atoms with E-state index in [1.165, 1.54) is 0 Å². The lowest BCUT2D eigenvalue weighted by molar-refractivity contribution is 0.0908. The number of nitrogens with one attached hydrogen (secondary N) is 2. The van der Waals surface area contributed by atoms with E-state index >= 15 is 0 Å². The van der Waals surface area contributed by atoms with Crippen LogP contribution in [0.3, 0.4) is 0 Å². The smallest absolute Gasteiger partial charge is 0.251 e. The van der Waals surface area contributed by atoms with E-state index in [0.717, 1.165) is 54.8 Å². The van der Waals surface area contributed by atoms with Gasteiger partial charge in [-0.05, 0) is 44.0 Å². The van der Waals surface area contributed by atoms with E-state index in [1.54, 1.807) is 33.5 Å². The van der Waals surface area contributed by atoms with Crippen LogP contribution in [0.4, 0.5) is 0 Å². The predicted molar refractivity (Wildman–Crippen MR) is 123 cm³/mol. The van der Waals surface area contributed by atoms with Crippen molar-refractivity contribution in [3.63, 3.8) is 0 Å². The van der Waals surface area contributed by atoms with Crippen molar-refractivity contribution >= 4 is 16.9 Å². The number of benzene rings is 1. The number of ether oxygens (including phenoxy) is 3. The fraction of sp³-hybridized carbons (Fsp3) is 0.417. The summed E-state index contributed by atoms with van der Waals surface area (Å²) < 4.78 is 16.0. The van der Waals surface area contributed by atoms with Gasteiger partial charge in [0.05, 0.1) is 32.4 Å². The highest BCUT2D eigenvalue weighted by Gasteiger charge is 2.23. The second kappa shape index (κ2) is 9.48. The Morgan fingerprint density at radius 3 is 2.41 bits per heavy atom. The van der Waals surface area contributed by atoms with Crippen LogP contribution in [0.25, 0.3) is 11.0 Å². The lowest BCUT2D eigenvalue weighted by atomic mass is 10.0. The van der Waals surface area contributed by atoms with Crippen molar-refractivity contribution in [2.75, 3.05) is 34.4 Å². The first-order valence-corrected chi connectivity index (χ1v) is 10.8. The first kappa shape index (κ1) is 22.0. The molecule has 8 nitrogen and oxygen atoms in total. The average molecular weight is 439 g/mol. The molecule has 1 aliphatic rings. The molecule has 0 radical (unpaired) electrons. The Kier molecular flexibility index (Phi) is 6.50. The lowest BCUT2D eigenvalue weighted by Gasteiger charge is -2.32. The van der Waals surface area contributed by atoms with Crippen LogP contribution in [-0.4, -0.2) is 61.2 Å². The summed E-state index contributed by atoms with van der Waals surface area (Å²) in [5.41, 5.74) is 4.47. The number of amides is 1. The molecule has 8 heteroatoms. The first-order valence-electron chi connectivity index (χ1n) is 10.8. The number of piperidine rings is 1. The summed E-state index contributed by atoms with van der Waals surface area (Å²) in [5, 5.41) is 3.17. The minimum Gasteiger partial charge on any atom is -0.496 e. The number of hydrogen-bond donors (Lipinski definition) is 2. The van der Waals surface area contributed by atoms with Crippen molar-refractivity contribution in [3.8, 4) is 17.4 Å². The Morgan fingerprint density at radius 2 is 1.78 bits per heavy atom. The molecule has 2 N–H and O–H groups in total. The molecule has 3 aromatic rings. The fourth-order valence-corrected chi connectivity index (χ4v) is 4.21. The molecule has 3 heterocycles. The van der Waals surface area contributed by atoms with Crippen LogP contribution in [0.5, 0.6) is 17.4 Å². The number of rotatable bonds is 7. The standard InChI is InChI=1S/C24H30N4O4/c1-15-21(30-2)11-16(12-22(15)31-3)24(29)26-17-7-9-28(10-8-17)14-18-13-20-19(25-18)5-6-23(27-20)32-4/h5-6,11-13,17,25H,7-10,14H2,1-4H3,(H,26,29). The molecule has 0 spiro atoms. The van der Waals surface area contributed by atoms with Crippen molar-refractivity contribution in [2.45, 2.75) is 32.4 Å². The number of fused-ring (bicyclic) bond motifs is 1. The maximum Gasteiger partial charge on any atom is 0.251 e. The lowest BCUT2D eigenvalue weighted by Crippen LogP contribution is -2.44. The summed E-state index contributed by atoms with van der Waals surface area (Å²) >= 11 is 0. The Bertz CT molecular complexity index is 1080.